The lowest BCUT2D eigenvalue weighted by atomic mass is 10.2. The van der Waals surface area contributed by atoms with Crippen LogP contribution in [0.3, 0.4) is 0 Å². The molecule has 160 valence electrons. The third kappa shape index (κ3) is 4.07. The summed E-state index contributed by atoms with van der Waals surface area (Å²) in [6.07, 6.45) is 1.35. The van der Waals surface area contributed by atoms with E-state index in [9.17, 15) is 8.42 Å². The average molecular weight is 444 g/mol. The summed E-state index contributed by atoms with van der Waals surface area (Å²) in [5.74, 6) is 0.0298. The second kappa shape index (κ2) is 7.64. The Hall–Kier alpha value is -3.50. The van der Waals surface area contributed by atoms with Crippen molar-refractivity contribution in [3.05, 3.63) is 59.9 Å². The summed E-state index contributed by atoms with van der Waals surface area (Å²) in [6.45, 7) is -3.47. The van der Waals surface area contributed by atoms with Crippen LogP contribution in [0, 0.1) is 13.8 Å². The number of sulfonamides is 1. The molecule has 0 aliphatic heterocycles. The number of hydrogen-bond acceptors (Lipinski definition) is 7. The molecule has 0 amide bonds. The van der Waals surface area contributed by atoms with Crippen LogP contribution in [-0.2, 0) is 17.1 Å². The molecule has 0 aliphatic carbocycles. The highest BCUT2D eigenvalue weighted by atomic mass is 32.2. The molecule has 0 fully saturated rings. The molecule has 10 heteroatoms. The normalized spacial score (nSPS) is 15.3. The molecule has 0 spiro atoms. The monoisotopic (exact) mass is 443 g/mol. The molecule has 0 radical (unpaired) electrons. The van der Waals surface area contributed by atoms with Gasteiger partial charge in [-0.3, -0.25) is 4.68 Å². The van der Waals surface area contributed by atoms with Crippen LogP contribution in [0.25, 0.3) is 10.9 Å². The minimum atomic E-state index is -3.96. The van der Waals surface area contributed by atoms with Crippen molar-refractivity contribution in [2.75, 3.05) is 17.2 Å². The predicted molar refractivity (Wildman–Crippen MR) is 121 cm³/mol. The van der Waals surface area contributed by atoms with Gasteiger partial charge in [0.25, 0.3) is 0 Å². The average Bonchev–Trinajstić information content (AvgIpc) is 3.09. The first kappa shape index (κ1) is 14.5. The van der Waals surface area contributed by atoms with Gasteiger partial charge in [0.2, 0.25) is 16.0 Å². The van der Waals surface area contributed by atoms with E-state index in [1.165, 1.54) is 48.3 Å². The number of fused-ring (bicyclic) bond motifs is 1. The van der Waals surface area contributed by atoms with Gasteiger partial charge in [0.05, 0.1) is 10.4 Å². The fourth-order valence-electron chi connectivity index (χ4n) is 3.11. The van der Waals surface area contributed by atoms with Crippen LogP contribution < -0.4 is 15.4 Å². The molecule has 0 aliphatic rings. The zero-order valence-corrected chi connectivity index (χ0v) is 17.5. The van der Waals surface area contributed by atoms with Gasteiger partial charge in [-0.1, -0.05) is 6.07 Å². The maximum Gasteiger partial charge on any atom is 0.238 e. The van der Waals surface area contributed by atoms with Crippen molar-refractivity contribution in [3.63, 3.8) is 0 Å². The standard InChI is InChI=1S/C21H23N7O2S/c1-13-5-6-15(11-19(13)31(22,29)30)24-21-23-10-9-20(25-21)27(3)16-7-8-17-14(2)28(4)26-18(17)12-16/h5-12H,1-4H3,(H2,22,29,30)(H,23,24,25)/i2D3,3D3. The van der Waals surface area contributed by atoms with Crippen molar-refractivity contribution in [2.45, 2.75) is 18.7 Å². The van der Waals surface area contributed by atoms with Crippen LogP contribution in [-0.4, -0.2) is 35.1 Å². The molecule has 2 aromatic carbocycles. The summed E-state index contributed by atoms with van der Waals surface area (Å²) in [6, 6.07) is 10.4. The number of nitrogens with one attached hydrogen (secondary N) is 1. The third-order valence-corrected chi connectivity index (χ3v) is 5.75. The zero-order chi connectivity index (χ0) is 27.3. The summed E-state index contributed by atoms with van der Waals surface area (Å²) < 4.78 is 72.6. The molecule has 4 aromatic rings. The van der Waals surface area contributed by atoms with Gasteiger partial charge in [-0.15, -0.1) is 0 Å². The van der Waals surface area contributed by atoms with Gasteiger partial charge in [-0.25, -0.2) is 18.5 Å². The van der Waals surface area contributed by atoms with Crippen molar-refractivity contribution < 1.29 is 16.6 Å². The number of primary sulfonamides is 1. The first-order valence-corrected chi connectivity index (χ1v) is 10.6. The Kier molecular flexibility index (Phi) is 3.57. The van der Waals surface area contributed by atoms with E-state index in [1.807, 2.05) is 0 Å². The molecule has 3 N–H and O–H groups in total. The molecule has 0 saturated heterocycles. The molecule has 9 nitrogen and oxygen atoms in total. The maximum atomic E-state index is 11.9. The van der Waals surface area contributed by atoms with Crippen LogP contribution in [0.4, 0.5) is 23.1 Å². The number of aryl methyl sites for hydroxylation is 3. The Balaban J connectivity index is 1.75. The molecule has 2 heterocycles. The van der Waals surface area contributed by atoms with E-state index in [2.05, 4.69) is 20.4 Å². The largest absolute Gasteiger partial charge is 0.329 e. The number of aromatic nitrogens is 4. The fourth-order valence-corrected chi connectivity index (χ4v) is 3.92. The second-order valence-electron chi connectivity index (χ2n) is 6.90. The third-order valence-electron chi connectivity index (χ3n) is 4.70. The van der Waals surface area contributed by atoms with E-state index in [0.717, 1.165) is 4.90 Å². The first-order valence-electron chi connectivity index (χ1n) is 12.1. The van der Waals surface area contributed by atoms with Crippen LogP contribution in [0.2, 0.25) is 0 Å². The molecule has 0 bridgehead atoms. The molecular weight excluding hydrogens is 414 g/mol. The van der Waals surface area contributed by atoms with Crippen molar-refractivity contribution in [2.24, 2.45) is 12.2 Å². The minimum absolute atomic E-state index is 0.0135. The van der Waals surface area contributed by atoms with E-state index >= 15 is 0 Å². The van der Waals surface area contributed by atoms with Gasteiger partial charge in [-0.05, 0) is 55.7 Å². The van der Waals surface area contributed by atoms with Crippen LogP contribution in [0.1, 0.15) is 19.5 Å². The van der Waals surface area contributed by atoms with Gasteiger partial charge in [0.15, 0.2) is 0 Å². The van der Waals surface area contributed by atoms with Gasteiger partial charge < -0.3 is 10.2 Å². The topological polar surface area (TPSA) is 119 Å². The smallest absolute Gasteiger partial charge is 0.238 e. The van der Waals surface area contributed by atoms with E-state index in [4.69, 9.17) is 13.4 Å². The number of nitrogens with two attached hydrogens (primary N) is 1. The van der Waals surface area contributed by atoms with Gasteiger partial charge in [-0.2, -0.15) is 10.1 Å². The van der Waals surface area contributed by atoms with E-state index in [0.29, 0.717) is 22.2 Å². The lowest BCUT2D eigenvalue weighted by Gasteiger charge is -2.19. The number of rotatable bonds is 5. The fraction of sp³-hybridized carbons (Fsp3) is 0.190. The first-order chi connectivity index (χ1) is 17.1. The second-order valence-corrected chi connectivity index (χ2v) is 8.43. The molecule has 4 rings (SSSR count). The summed E-state index contributed by atoms with van der Waals surface area (Å²) in [5.41, 5.74) is 1.35. The minimum Gasteiger partial charge on any atom is -0.329 e. The highest BCUT2D eigenvalue weighted by Gasteiger charge is 2.14. The highest BCUT2D eigenvalue weighted by molar-refractivity contribution is 7.89. The SMILES string of the molecule is [2H]C([2H])([2H])c1c2ccc(N(c3ccnc(Nc4ccc(C)c(S(N)(=O)=O)c4)n3)C([2H])([2H])[2H])cc2nn1C. The summed E-state index contributed by atoms with van der Waals surface area (Å²) in [5, 5.41) is 12.8. The number of benzene rings is 2. The van der Waals surface area contributed by atoms with Crippen molar-refractivity contribution in [3.8, 4) is 0 Å². The summed E-state index contributed by atoms with van der Waals surface area (Å²) >= 11 is 0. The Morgan fingerprint density at radius 3 is 2.77 bits per heavy atom. The summed E-state index contributed by atoms with van der Waals surface area (Å²) in [7, 11) is -2.45. The highest BCUT2D eigenvalue weighted by Crippen LogP contribution is 2.28. The zero-order valence-electron chi connectivity index (χ0n) is 22.7. The van der Waals surface area contributed by atoms with Gasteiger partial charge in [0, 0.05) is 50.9 Å². The molecule has 0 unspecified atom stereocenters. The van der Waals surface area contributed by atoms with E-state index < -0.39 is 23.9 Å². The van der Waals surface area contributed by atoms with Crippen LogP contribution in [0.5, 0.6) is 0 Å². The molecule has 2 aromatic heterocycles. The Bertz CT molecular complexity index is 1600. The molecule has 31 heavy (non-hydrogen) atoms. The Morgan fingerprint density at radius 1 is 1.19 bits per heavy atom. The van der Waals surface area contributed by atoms with Crippen LogP contribution >= 0.6 is 0 Å². The lowest BCUT2D eigenvalue weighted by Crippen LogP contribution is -2.14. The van der Waals surface area contributed by atoms with E-state index in [1.54, 1.807) is 19.1 Å². The van der Waals surface area contributed by atoms with E-state index in [-0.39, 0.29) is 28.0 Å². The van der Waals surface area contributed by atoms with Crippen LogP contribution in [0.15, 0.2) is 53.6 Å². The lowest BCUT2D eigenvalue weighted by molar-refractivity contribution is 0.597. The van der Waals surface area contributed by atoms with Crippen molar-refractivity contribution in [1.82, 2.24) is 19.7 Å². The van der Waals surface area contributed by atoms with Crippen molar-refractivity contribution in [1.29, 1.82) is 0 Å². The van der Waals surface area contributed by atoms with Gasteiger partial charge in [0.1, 0.15) is 5.82 Å². The maximum absolute atomic E-state index is 11.9. The summed E-state index contributed by atoms with van der Waals surface area (Å²) in [4.78, 5) is 9.35. The Labute approximate surface area is 189 Å². The predicted octanol–water partition coefficient (Wildman–Crippen LogP) is 3.14. The molecular formula is C21H23N7O2S. The van der Waals surface area contributed by atoms with Gasteiger partial charge >= 0.3 is 0 Å². The number of anilines is 4. The van der Waals surface area contributed by atoms with Crippen molar-refractivity contribution >= 4 is 44.1 Å². The molecule has 0 saturated carbocycles. The Morgan fingerprint density at radius 2 is 2.03 bits per heavy atom. The molecule has 0 atom stereocenters. The number of hydrogen-bond donors (Lipinski definition) is 2. The number of nitrogens with zero attached hydrogens (tertiary/aromatic N) is 5. The quantitative estimate of drug-likeness (QED) is 0.486.